The molecule has 1 rings (SSSR count). The Balaban J connectivity index is 2.00. The van der Waals surface area contributed by atoms with Crippen molar-refractivity contribution in [2.24, 2.45) is 11.8 Å². The first-order valence-corrected chi connectivity index (χ1v) is 6.48. The number of unbranched alkanes of at least 4 members (excludes halogenated alkanes) is 1. The SMILES string of the molecule is CCCC1CCN(CCCCC(=O)NN)C1. The number of likely N-dealkylation sites (tertiary alicyclic amines) is 1. The van der Waals surface area contributed by atoms with E-state index in [-0.39, 0.29) is 5.91 Å². The lowest BCUT2D eigenvalue weighted by atomic mass is 10.0. The van der Waals surface area contributed by atoms with Crippen LogP contribution in [-0.2, 0) is 4.79 Å². The third-order valence-corrected chi connectivity index (χ3v) is 3.36. The number of nitrogens with zero attached hydrogens (tertiary/aromatic N) is 1. The Hall–Kier alpha value is -0.610. The summed E-state index contributed by atoms with van der Waals surface area (Å²) >= 11 is 0. The highest BCUT2D eigenvalue weighted by molar-refractivity contribution is 5.75. The molecule has 1 unspecified atom stereocenters. The number of carbonyl (C=O) groups is 1. The fourth-order valence-corrected chi connectivity index (χ4v) is 2.45. The average Bonchev–Trinajstić information content (AvgIpc) is 2.72. The maximum absolute atomic E-state index is 10.9. The topological polar surface area (TPSA) is 58.4 Å². The van der Waals surface area contributed by atoms with Crippen LogP contribution in [0.1, 0.15) is 45.4 Å². The Morgan fingerprint density at radius 3 is 3.00 bits per heavy atom. The van der Waals surface area contributed by atoms with Crippen LogP contribution in [0, 0.1) is 5.92 Å². The number of nitrogens with two attached hydrogens (primary N) is 1. The van der Waals surface area contributed by atoms with Gasteiger partial charge in [-0.05, 0) is 44.7 Å². The molecule has 0 spiro atoms. The van der Waals surface area contributed by atoms with Crippen LogP contribution in [0.2, 0.25) is 0 Å². The molecule has 1 heterocycles. The molecule has 0 aromatic carbocycles. The van der Waals surface area contributed by atoms with Gasteiger partial charge in [-0.25, -0.2) is 5.84 Å². The number of carbonyl (C=O) groups excluding carboxylic acids is 1. The van der Waals surface area contributed by atoms with Gasteiger partial charge >= 0.3 is 0 Å². The second kappa shape index (κ2) is 7.63. The highest BCUT2D eigenvalue weighted by atomic mass is 16.2. The lowest BCUT2D eigenvalue weighted by molar-refractivity contribution is -0.121. The summed E-state index contributed by atoms with van der Waals surface area (Å²) in [5.41, 5.74) is 2.16. The van der Waals surface area contributed by atoms with Gasteiger partial charge in [0.25, 0.3) is 0 Å². The lowest BCUT2D eigenvalue weighted by Crippen LogP contribution is -2.30. The van der Waals surface area contributed by atoms with E-state index in [0.29, 0.717) is 6.42 Å². The van der Waals surface area contributed by atoms with Gasteiger partial charge in [0.2, 0.25) is 5.91 Å². The average molecular weight is 227 g/mol. The molecule has 94 valence electrons. The lowest BCUT2D eigenvalue weighted by Gasteiger charge is -2.15. The molecular formula is C12H25N3O. The van der Waals surface area contributed by atoms with Crippen LogP contribution in [0.5, 0.6) is 0 Å². The van der Waals surface area contributed by atoms with Crippen LogP contribution >= 0.6 is 0 Å². The molecule has 1 aliphatic heterocycles. The normalized spacial score (nSPS) is 21.2. The molecule has 0 aromatic rings. The minimum atomic E-state index is -0.0507. The van der Waals surface area contributed by atoms with Gasteiger partial charge in [0.15, 0.2) is 0 Å². The summed E-state index contributed by atoms with van der Waals surface area (Å²) in [5.74, 6) is 5.88. The van der Waals surface area contributed by atoms with Crippen LogP contribution in [0.4, 0.5) is 0 Å². The molecule has 0 bridgehead atoms. The summed E-state index contributed by atoms with van der Waals surface area (Å²) in [6.45, 7) is 5.90. The number of hydrogen-bond acceptors (Lipinski definition) is 3. The first kappa shape index (κ1) is 13.5. The van der Waals surface area contributed by atoms with E-state index >= 15 is 0 Å². The third kappa shape index (κ3) is 4.94. The van der Waals surface area contributed by atoms with E-state index in [1.54, 1.807) is 0 Å². The number of hydrogen-bond donors (Lipinski definition) is 2. The van der Waals surface area contributed by atoms with Gasteiger partial charge in [0, 0.05) is 13.0 Å². The third-order valence-electron chi connectivity index (χ3n) is 3.36. The molecule has 1 fully saturated rings. The van der Waals surface area contributed by atoms with Gasteiger partial charge in [-0.1, -0.05) is 13.3 Å². The number of nitrogens with one attached hydrogen (secondary N) is 1. The Morgan fingerprint density at radius 2 is 2.31 bits per heavy atom. The van der Waals surface area contributed by atoms with Crippen LogP contribution in [0.3, 0.4) is 0 Å². The molecule has 1 amide bonds. The van der Waals surface area contributed by atoms with Crippen LogP contribution < -0.4 is 11.3 Å². The van der Waals surface area contributed by atoms with Crippen molar-refractivity contribution in [1.29, 1.82) is 0 Å². The molecule has 0 saturated carbocycles. The van der Waals surface area contributed by atoms with E-state index in [0.717, 1.165) is 25.3 Å². The number of amides is 1. The second-order valence-corrected chi connectivity index (χ2v) is 4.77. The highest BCUT2D eigenvalue weighted by Crippen LogP contribution is 2.20. The molecule has 0 radical (unpaired) electrons. The van der Waals surface area contributed by atoms with E-state index in [1.807, 2.05) is 0 Å². The number of hydrazine groups is 1. The summed E-state index contributed by atoms with van der Waals surface area (Å²) in [7, 11) is 0. The summed E-state index contributed by atoms with van der Waals surface area (Å²) in [4.78, 5) is 13.4. The summed E-state index contributed by atoms with van der Waals surface area (Å²) in [6, 6.07) is 0. The van der Waals surface area contributed by atoms with Crippen molar-refractivity contribution in [3.05, 3.63) is 0 Å². The van der Waals surface area contributed by atoms with Crippen molar-refractivity contribution in [2.45, 2.75) is 45.4 Å². The minimum absolute atomic E-state index is 0.0507. The first-order chi connectivity index (χ1) is 7.76. The van der Waals surface area contributed by atoms with Gasteiger partial charge in [0.1, 0.15) is 0 Å². The van der Waals surface area contributed by atoms with Gasteiger partial charge < -0.3 is 4.90 Å². The predicted octanol–water partition coefficient (Wildman–Crippen LogP) is 1.27. The van der Waals surface area contributed by atoms with E-state index in [1.165, 1.54) is 32.4 Å². The molecule has 1 aliphatic rings. The van der Waals surface area contributed by atoms with Crippen molar-refractivity contribution >= 4 is 5.91 Å². The summed E-state index contributed by atoms with van der Waals surface area (Å²) in [6.07, 6.45) is 6.63. The fraction of sp³-hybridized carbons (Fsp3) is 0.917. The van der Waals surface area contributed by atoms with Crippen molar-refractivity contribution < 1.29 is 4.79 Å². The maximum Gasteiger partial charge on any atom is 0.233 e. The van der Waals surface area contributed by atoms with Gasteiger partial charge in [0.05, 0.1) is 0 Å². The predicted molar refractivity (Wildman–Crippen MR) is 65.6 cm³/mol. The molecule has 1 atom stereocenters. The minimum Gasteiger partial charge on any atom is -0.303 e. The summed E-state index contributed by atoms with van der Waals surface area (Å²) < 4.78 is 0. The Morgan fingerprint density at radius 1 is 1.50 bits per heavy atom. The van der Waals surface area contributed by atoms with E-state index in [2.05, 4.69) is 17.2 Å². The molecule has 1 saturated heterocycles. The Kier molecular flexibility index (Phi) is 6.42. The van der Waals surface area contributed by atoms with E-state index < -0.39 is 0 Å². The smallest absolute Gasteiger partial charge is 0.233 e. The monoisotopic (exact) mass is 227 g/mol. The fourth-order valence-electron chi connectivity index (χ4n) is 2.45. The van der Waals surface area contributed by atoms with Gasteiger partial charge in [-0.2, -0.15) is 0 Å². The van der Waals surface area contributed by atoms with Crippen molar-refractivity contribution in [2.75, 3.05) is 19.6 Å². The van der Waals surface area contributed by atoms with Crippen LogP contribution in [-0.4, -0.2) is 30.4 Å². The van der Waals surface area contributed by atoms with E-state index in [9.17, 15) is 4.79 Å². The Bertz CT molecular complexity index is 208. The van der Waals surface area contributed by atoms with Crippen molar-refractivity contribution in [3.63, 3.8) is 0 Å². The Labute approximate surface area is 98.5 Å². The van der Waals surface area contributed by atoms with Crippen molar-refractivity contribution in [1.82, 2.24) is 10.3 Å². The molecular weight excluding hydrogens is 202 g/mol. The highest BCUT2D eigenvalue weighted by Gasteiger charge is 2.20. The van der Waals surface area contributed by atoms with E-state index in [4.69, 9.17) is 5.84 Å². The molecule has 4 heteroatoms. The van der Waals surface area contributed by atoms with Gasteiger partial charge in [-0.15, -0.1) is 0 Å². The van der Waals surface area contributed by atoms with Crippen LogP contribution in [0.15, 0.2) is 0 Å². The molecule has 16 heavy (non-hydrogen) atoms. The zero-order valence-electron chi connectivity index (χ0n) is 10.4. The first-order valence-electron chi connectivity index (χ1n) is 6.48. The molecule has 3 N–H and O–H groups in total. The largest absolute Gasteiger partial charge is 0.303 e. The maximum atomic E-state index is 10.9. The second-order valence-electron chi connectivity index (χ2n) is 4.77. The zero-order chi connectivity index (χ0) is 11.8. The molecule has 0 aromatic heterocycles. The van der Waals surface area contributed by atoms with Crippen molar-refractivity contribution in [3.8, 4) is 0 Å². The summed E-state index contributed by atoms with van der Waals surface area (Å²) in [5, 5.41) is 0. The van der Waals surface area contributed by atoms with Gasteiger partial charge in [-0.3, -0.25) is 10.2 Å². The molecule has 0 aliphatic carbocycles. The standard InChI is InChI=1S/C12H25N3O/c1-2-5-11-7-9-15(10-11)8-4-3-6-12(16)14-13/h11H,2-10,13H2,1H3,(H,14,16). The molecule has 4 nitrogen and oxygen atoms in total. The number of rotatable bonds is 7. The van der Waals surface area contributed by atoms with Crippen LogP contribution in [0.25, 0.3) is 0 Å². The quantitative estimate of drug-likeness (QED) is 0.298. The zero-order valence-corrected chi connectivity index (χ0v) is 10.4.